The highest BCUT2D eigenvalue weighted by Gasteiger charge is 2.34. The second-order valence-corrected chi connectivity index (χ2v) is 4.41. The van der Waals surface area contributed by atoms with E-state index in [1.54, 1.807) is 0 Å². The van der Waals surface area contributed by atoms with Gasteiger partial charge in [-0.3, -0.25) is 0 Å². The lowest BCUT2D eigenvalue weighted by Crippen LogP contribution is -2.10. The average molecular weight is 329 g/mol. The maximum Gasteiger partial charge on any atom is 0.419 e. The van der Waals surface area contributed by atoms with Crippen LogP contribution in [0.5, 0.6) is 0 Å². The van der Waals surface area contributed by atoms with Crippen LogP contribution in [0.2, 0.25) is 0 Å². The topological polar surface area (TPSA) is 17.8 Å². The summed E-state index contributed by atoms with van der Waals surface area (Å²) >= 11 is 5.43. The molecule has 9 heteroatoms. The Balaban J connectivity index is 2.48. The first kappa shape index (κ1) is 15.7. The predicted octanol–water partition coefficient (Wildman–Crippen LogP) is 4.65. The normalized spacial score (nSPS) is 12.7. The van der Waals surface area contributed by atoms with Crippen molar-refractivity contribution in [3.8, 4) is 5.69 Å². The molecule has 2 nitrogen and oxygen atoms in total. The molecule has 0 aliphatic rings. The van der Waals surface area contributed by atoms with Gasteiger partial charge in [0, 0.05) is 12.1 Å². The zero-order valence-electron chi connectivity index (χ0n) is 10.1. The van der Waals surface area contributed by atoms with Crippen LogP contribution in [0.25, 0.3) is 5.69 Å². The summed E-state index contributed by atoms with van der Waals surface area (Å²) in [6.07, 6.45) is -8.10. The summed E-state index contributed by atoms with van der Waals surface area (Å²) in [6.45, 7) is 0. The van der Waals surface area contributed by atoms with Gasteiger partial charge < -0.3 is 0 Å². The van der Waals surface area contributed by atoms with Crippen LogP contribution >= 0.6 is 11.6 Å². The monoisotopic (exact) mass is 328 g/mol. The van der Waals surface area contributed by atoms with Gasteiger partial charge in [0.1, 0.15) is 0 Å². The van der Waals surface area contributed by atoms with E-state index in [-0.39, 0.29) is 17.1 Å². The minimum absolute atomic E-state index is 0.133. The smallest absolute Gasteiger partial charge is 0.240 e. The summed E-state index contributed by atoms with van der Waals surface area (Å²) in [5.74, 6) is -0.359. The van der Waals surface area contributed by atoms with Crippen LogP contribution in [0.3, 0.4) is 0 Å². The summed E-state index contributed by atoms with van der Waals surface area (Å²) in [4.78, 5) is 0. The first-order valence-electron chi connectivity index (χ1n) is 5.51. The van der Waals surface area contributed by atoms with Crippen LogP contribution in [-0.4, -0.2) is 9.78 Å². The molecule has 0 aliphatic heterocycles. The Labute approximate surface area is 119 Å². The molecule has 2 rings (SSSR count). The highest BCUT2D eigenvalue weighted by molar-refractivity contribution is 6.17. The fourth-order valence-corrected chi connectivity index (χ4v) is 1.93. The quantitative estimate of drug-likeness (QED) is 0.579. The molecule has 1 aromatic heterocycles. The number of alkyl halides is 7. The number of halogens is 7. The van der Waals surface area contributed by atoms with E-state index < -0.39 is 23.5 Å². The van der Waals surface area contributed by atoms with Crippen LogP contribution in [-0.2, 0) is 18.2 Å². The van der Waals surface area contributed by atoms with E-state index in [0.717, 1.165) is 10.7 Å². The number of aromatic nitrogens is 2. The molecule has 0 unspecified atom stereocenters. The molecular weight excluding hydrogens is 322 g/mol. The van der Waals surface area contributed by atoms with Crippen molar-refractivity contribution in [3.05, 3.63) is 47.3 Å². The van der Waals surface area contributed by atoms with Gasteiger partial charge in [0.2, 0.25) is 0 Å². The molecule has 1 aromatic carbocycles. The van der Waals surface area contributed by atoms with Crippen molar-refractivity contribution in [2.75, 3.05) is 0 Å². The molecule has 0 amide bonds. The van der Waals surface area contributed by atoms with Crippen molar-refractivity contribution in [2.24, 2.45) is 0 Å². The van der Waals surface area contributed by atoms with Crippen molar-refractivity contribution < 1.29 is 26.3 Å². The second-order valence-electron chi connectivity index (χ2n) is 4.14. The SMILES string of the molecule is FC(F)(F)c1cnn(-c2ccc(CCl)c(C(F)(F)F)c2)c1. The maximum atomic E-state index is 12.9. The van der Waals surface area contributed by atoms with E-state index in [1.807, 2.05) is 0 Å². The molecular formula is C12H7ClF6N2. The molecule has 114 valence electrons. The van der Waals surface area contributed by atoms with Gasteiger partial charge in [0.25, 0.3) is 0 Å². The van der Waals surface area contributed by atoms with Gasteiger partial charge in [-0.15, -0.1) is 11.6 Å². The highest BCUT2D eigenvalue weighted by atomic mass is 35.5. The Hall–Kier alpha value is -1.70. The van der Waals surface area contributed by atoms with Gasteiger partial charge in [-0.05, 0) is 17.7 Å². The van der Waals surface area contributed by atoms with Gasteiger partial charge in [0.15, 0.2) is 0 Å². The van der Waals surface area contributed by atoms with Gasteiger partial charge in [-0.2, -0.15) is 31.4 Å². The van der Waals surface area contributed by atoms with Crippen molar-refractivity contribution in [2.45, 2.75) is 18.2 Å². The first-order valence-corrected chi connectivity index (χ1v) is 6.04. The standard InChI is InChI=1S/C12H7ClF6N2/c13-4-7-1-2-9(3-10(7)12(17,18)19)21-6-8(5-20-21)11(14,15)16/h1-3,5-6H,4H2. The summed E-state index contributed by atoms with van der Waals surface area (Å²) in [5, 5.41) is 3.43. The molecule has 0 atom stereocenters. The molecule has 0 saturated heterocycles. The molecule has 0 radical (unpaired) electrons. The molecule has 21 heavy (non-hydrogen) atoms. The third-order valence-electron chi connectivity index (χ3n) is 2.72. The Kier molecular flexibility index (Phi) is 3.92. The molecule has 0 bridgehead atoms. The summed E-state index contributed by atoms with van der Waals surface area (Å²) in [6, 6.07) is 3.05. The lowest BCUT2D eigenvalue weighted by atomic mass is 10.1. The first-order chi connectivity index (χ1) is 9.63. The third-order valence-corrected chi connectivity index (χ3v) is 3.01. The Bertz CT molecular complexity index is 644. The Morgan fingerprint density at radius 2 is 1.71 bits per heavy atom. The lowest BCUT2D eigenvalue weighted by Gasteiger charge is -2.13. The van der Waals surface area contributed by atoms with Crippen LogP contribution in [0.4, 0.5) is 26.3 Å². The maximum absolute atomic E-state index is 12.9. The largest absolute Gasteiger partial charge is 0.419 e. The van der Waals surface area contributed by atoms with Crippen LogP contribution in [0, 0.1) is 0 Å². The number of benzene rings is 1. The molecule has 0 aliphatic carbocycles. The van der Waals surface area contributed by atoms with E-state index in [4.69, 9.17) is 11.6 Å². The zero-order valence-corrected chi connectivity index (χ0v) is 10.9. The fourth-order valence-electron chi connectivity index (χ4n) is 1.70. The van der Waals surface area contributed by atoms with Gasteiger partial charge >= 0.3 is 12.4 Å². The number of hydrogen-bond donors (Lipinski definition) is 0. The zero-order chi connectivity index (χ0) is 15.8. The van der Waals surface area contributed by atoms with E-state index in [2.05, 4.69) is 5.10 Å². The van der Waals surface area contributed by atoms with E-state index in [9.17, 15) is 26.3 Å². The van der Waals surface area contributed by atoms with Crippen molar-refractivity contribution >= 4 is 11.6 Å². The summed E-state index contributed by atoms with van der Waals surface area (Å²) in [5.41, 5.74) is -2.33. The minimum Gasteiger partial charge on any atom is -0.240 e. The Morgan fingerprint density at radius 3 is 2.19 bits per heavy atom. The minimum atomic E-state index is -4.65. The number of hydrogen-bond acceptors (Lipinski definition) is 1. The van der Waals surface area contributed by atoms with Gasteiger partial charge in [0.05, 0.1) is 23.0 Å². The molecule has 0 saturated carbocycles. The van der Waals surface area contributed by atoms with Crippen LogP contribution in [0.1, 0.15) is 16.7 Å². The molecule has 0 spiro atoms. The van der Waals surface area contributed by atoms with Crippen molar-refractivity contribution in [1.29, 1.82) is 0 Å². The third kappa shape index (κ3) is 3.31. The summed E-state index contributed by atoms with van der Waals surface area (Å²) in [7, 11) is 0. The van der Waals surface area contributed by atoms with E-state index >= 15 is 0 Å². The van der Waals surface area contributed by atoms with Gasteiger partial charge in [-0.1, -0.05) is 6.07 Å². The van der Waals surface area contributed by atoms with Crippen LogP contribution < -0.4 is 0 Å². The fraction of sp³-hybridized carbons (Fsp3) is 0.250. The highest BCUT2D eigenvalue weighted by Crippen LogP contribution is 2.34. The Morgan fingerprint density at radius 1 is 1.05 bits per heavy atom. The summed E-state index contributed by atoms with van der Waals surface area (Å²) < 4.78 is 76.7. The molecule has 1 heterocycles. The van der Waals surface area contributed by atoms with E-state index in [0.29, 0.717) is 18.5 Å². The predicted molar refractivity (Wildman–Crippen MR) is 63.1 cm³/mol. The van der Waals surface area contributed by atoms with E-state index in [1.165, 1.54) is 6.07 Å². The average Bonchev–Trinajstić information content (AvgIpc) is 2.86. The molecule has 0 N–H and O–H groups in total. The van der Waals surface area contributed by atoms with Crippen LogP contribution in [0.15, 0.2) is 30.6 Å². The second kappa shape index (κ2) is 5.25. The lowest BCUT2D eigenvalue weighted by molar-refractivity contribution is -0.138. The van der Waals surface area contributed by atoms with Gasteiger partial charge in [-0.25, -0.2) is 4.68 Å². The van der Waals surface area contributed by atoms with Crippen molar-refractivity contribution in [1.82, 2.24) is 9.78 Å². The molecule has 0 fully saturated rings. The number of rotatable bonds is 2. The molecule has 2 aromatic rings. The van der Waals surface area contributed by atoms with Crippen molar-refractivity contribution in [3.63, 3.8) is 0 Å². The number of nitrogens with zero attached hydrogens (tertiary/aromatic N) is 2.